The van der Waals surface area contributed by atoms with Crippen molar-refractivity contribution in [1.29, 1.82) is 0 Å². The molecule has 1 amide bonds. The van der Waals surface area contributed by atoms with Gasteiger partial charge in [-0.1, -0.05) is 0 Å². The molecule has 0 unspecified atom stereocenters. The molecule has 1 aliphatic heterocycles. The Kier molecular flexibility index (Phi) is 6.41. The lowest BCUT2D eigenvalue weighted by molar-refractivity contribution is -0.871. The molecule has 0 bridgehead atoms. The monoisotopic (exact) mass is 389 g/mol. The molecule has 1 N–H and O–H groups in total. The van der Waals surface area contributed by atoms with Gasteiger partial charge in [-0.15, -0.1) is 0 Å². The zero-order valence-electron chi connectivity index (χ0n) is 19.5. The van der Waals surface area contributed by atoms with Gasteiger partial charge >= 0.3 is 0 Å². The summed E-state index contributed by atoms with van der Waals surface area (Å²) in [6.07, 6.45) is 1.69. The third kappa shape index (κ3) is 5.65. The van der Waals surface area contributed by atoms with Crippen LogP contribution >= 0.6 is 0 Å². The topological polar surface area (TPSA) is 32.1 Å². The summed E-state index contributed by atoms with van der Waals surface area (Å²) in [6.45, 7) is 9.82. The average Bonchev–Trinajstić information content (AvgIpc) is 2.72. The summed E-state index contributed by atoms with van der Waals surface area (Å²) in [4.78, 5) is 12.3. The number of benzene rings is 1. The molecule has 0 aliphatic carbocycles. The fourth-order valence-corrected chi connectivity index (χ4v) is 3.71. The average molecular weight is 390 g/mol. The molecule has 0 spiro atoms. The number of hydrogen-bond acceptors (Lipinski definition) is 1. The van der Waals surface area contributed by atoms with E-state index in [-0.39, 0.29) is 11.3 Å². The van der Waals surface area contributed by atoms with E-state index in [1.807, 2.05) is 6.07 Å². The molecule has 1 aliphatic rings. The van der Waals surface area contributed by atoms with E-state index in [1.54, 1.807) is 0 Å². The molecular weight excluding hydrogens is 348 g/mol. The Balaban J connectivity index is 2.15. The number of hydrogen-bond donors (Lipinski definition) is 1. The molecule has 0 fully saturated rings. The van der Waals surface area contributed by atoms with E-state index in [0.717, 1.165) is 40.7 Å². The number of carbonyl (C=O) groups excluding carboxylic acids is 1. The molecule has 5 heteroatoms. The number of nitrogens with zero attached hydrogens (tertiary/aromatic N) is 3. The number of nitrogens with one attached hydrogen (secondary N) is 1. The Labute approximate surface area is 171 Å². The SMILES string of the molecule is CC1=[N+](CCC[N+](C)(C)C)c2ccc(NC(=O)CC[N+](C)(C)C)cc2C1(C)C. The summed E-state index contributed by atoms with van der Waals surface area (Å²) in [7, 11) is 13.1. The standard InChI is InChI=1S/C23H40N4O/c1-18-23(2,3)20-17-19(24-22(28)13-16-27(7,8)9)11-12-21(20)25(18)14-10-15-26(4,5)6/h11-12,17H,10,13-16H2,1-9H3/q+2/p+1. The van der Waals surface area contributed by atoms with Crippen LogP contribution in [0.5, 0.6) is 0 Å². The lowest BCUT2D eigenvalue weighted by Gasteiger charge is -2.23. The number of anilines is 1. The van der Waals surface area contributed by atoms with Gasteiger partial charge in [0.05, 0.1) is 73.6 Å². The van der Waals surface area contributed by atoms with Crippen molar-refractivity contribution in [2.75, 3.05) is 67.2 Å². The summed E-state index contributed by atoms with van der Waals surface area (Å²) in [5, 5.41) is 3.10. The third-order valence-corrected chi connectivity index (χ3v) is 5.77. The maximum atomic E-state index is 12.3. The van der Waals surface area contributed by atoms with Crippen molar-refractivity contribution in [3.8, 4) is 0 Å². The summed E-state index contributed by atoms with van der Waals surface area (Å²) in [5.41, 5.74) is 4.86. The molecule has 0 atom stereocenters. The highest BCUT2D eigenvalue weighted by Crippen LogP contribution is 2.41. The van der Waals surface area contributed by atoms with E-state index in [2.05, 4.69) is 85.1 Å². The first-order valence-electron chi connectivity index (χ1n) is 10.4. The first-order valence-corrected chi connectivity index (χ1v) is 10.4. The molecule has 0 saturated carbocycles. The molecule has 0 aromatic heterocycles. The van der Waals surface area contributed by atoms with E-state index in [1.165, 1.54) is 17.0 Å². The minimum Gasteiger partial charge on any atom is -0.331 e. The van der Waals surface area contributed by atoms with Crippen LogP contribution in [-0.4, -0.2) is 87.1 Å². The largest absolute Gasteiger partial charge is 0.331 e. The summed E-state index contributed by atoms with van der Waals surface area (Å²) < 4.78 is 4.25. The van der Waals surface area contributed by atoms with Gasteiger partial charge in [0.1, 0.15) is 0 Å². The molecule has 28 heavy (non-hydrogen) atoms. The lowest BCUT2D eigenvalue weighted by atomic mass is 9.82. The summed E-state index contributed by atoms with van der Waals surface area (Å²) in [6, 6.07) is 6.39. The highest BCUT2D eigenvalue weighted by molar-refractivity contribution is 5.95. The Hall–Kier alpha value is -1.72. The normalized spacial score (nSPS) is 16.3. The Morgan fingerprint density at radius 2 is 1.64 bits per heavy atom. The smallest absolute Gasteiger partial charge is 0.230 e. The van der Waals surface area contributed by atoms with Crippen molar-refractivity contribution in [3.05, 3.63) is 23.8 Å². The summed E-state index contributed by atoms with van der Waals surface area (Å²) >= 11 is 0. The zero-order valence-corrected chi connectivity index (χ0v) is 19.5. The minimum atomic E-state index is -0.0189. The Morgan fingerprint density at radius 3 is 2.21 bits per heavy atom. The lowest BCUT2D eigenvalue weighted by Crippen LogP contribution is -2.37. The van der Waals surface area contributed by atoms with Gasteiger partial charge in [0.2, 0.25) is 11.6 Å². The second-order valence-corrected chi connectivity index (χ2v) is 10.8. The van der Waals surface area contributed by atoms with Crippen LogP contribution in [0.1, 0.15) is 39.2 Å². The van der Waals surface area contributed by atoms with E-state index in [4.69, 9.17) is 0 Å². The van der Waals surface area contributed by atoms with Crippen LogP contribution in [0, 0.1) is 0 Å². The van der Waals surface area contributed by atoms with Gasteiger partial charge in [0, 0.05) is 24.2 Å². The minimum absolute atomic E-state index is 0.0189. The molecule has 0 saturated heterocycles. The molecular formula is C23H41N4O+3. The van der Waals surface area contributed by atoms with Crippen LogP contribution in [0.15, 0.2) is 18.2 Å². The van der Waals surface area contributed by atoms with Gasteiger partial charge in [-0.05, 0) is 26.0 Å². The van der Waals surface area contributed by atoms with Crippen LogP contribution in [0.3, 0.4) is 0 Å². The highest BCUT2D eigenvalue weighted by atomic mass is 16.1. The van der Waals surface area contributed by atoms with Gasteiger partial charge in [-0.3, -0.25) is 4.79 Å². The summed E-state index contributed by atoms with van der Waals surface area (Å²) in [5.74, 6) is 0.0873. The molecule has 0 radical (unpaired) electrons. The number of quaternary nitrogens is 2. The molecule has 156 valence electrons. The maximum absolute atomic E-state index is 12.3. The second kappa shape index (κ2) is 7.96. The number of fused-ring (bicyclic) bond motifs is 1. The van der Waals surface area contributed by atoms with E-state index < -0.39 is 0 Å². The fourth-order valence-electron chi connectivity index (χ4n) is 3.71. The number of carbonyl (C=O) groups is 1. The van der Waals surface area contributed by atoms with E-state index >= 15 is 0 Å². The van der Waals surface area contributed by atoms with Gasteiger partial charge in [0.15, 0.2) is 12.3 Å². The highest BCUT2D eigenvalue weighted by Gasteiger charge is 2.43. The second-order valence-electron chi connectivity index (χ2n) is 10.8. The first-order chi connectivity index (χ1) is 12.7. The van der Waals surface area contributed by atoms with Crippen molar-refractivity contribution in [1.82, 2.24) is 0 Å². The van der Waals surface area contributed by atoms with Crippen molar-refractivity contribution < 1.29 is 18.3 Å². The van der Waals surface area contributed by atoms with Crippen molar-refractivity contribution >= 4 is 23.0 Å². The maximum Gasteiger partial charge on any atom is 0.230 e. The van der Waals surface area contributed by atoms with Gasteiger partial charge in [-0.2, -0.15) is 4.58 Å². The van der Waals surface area contributed by atoms with Crippen LogP contribution in [0.25, 0.3) is 0 Å². The number of rotatable bonds is 8. The molecule has 5 nitrogen and oxygen atoms in total. The quantitative estimate of drug-likeness (QED) is 0.537. The predicted octanol–water partition coefficient (Wildman–Crippen LogP) is 3.21. The van der Waals surface area contributed by atoms with Crippen molar-refractivity contribution in [2.24, 2.45) is 0 Å². The Bertz CT molecular complexity index is 764. The number of amides is 1. The Morgan fingerprint density at radius 1 is 1.04 bits per heavy atom. The molecule has 1 aromatic carbocycles. The molecule has 1 heterocycles. The van der Waals surface area contributed by atoms with Crippen LogP contribution in [0.4, 0.5) is 11.4 Å². The molecule has 2 rings (SSSR count). The van der Waals surface area contributed by atoms with Crippen molar-refractivity contribution in [2.45, 2.75) is 39.0 Å². The van der Waals surface area contributed by atoms with Gasteiger partial charge in [-0.25, -0.2) is 0 Å². The van der Waals surface area contributed by atoms with Gasteiger partial charge < -0.3 is 14.3 Å². The van der Waals surface area contributed by atoms with Crippen LogP contribution < -0.4 is 5.32 Å². The van der Waals surface area contributed by atoms with Gasteiger partial charge in [0.25, 0.3) is 0 Å². The van der Waals surface area contributed by atoms with E-state index in [0.29, 0.717) is 6.42 Å². The zero-order chi connectivity index (χ0) is 21.3. The van der Waals surface area contributed by atoms with Crippen LogP contribution in [-0.2, 0) is 10.2 Å². The third-order valence-electron chi connectivity index (χ3n) is 5.77. The first kappa shape index (κ1) is 22.6. The van der Waals surface area contributed by atoms with Crippen molar-refractivity contribution in [3.63, 3.8) is 0 Å². The molecule has 1 aromatic rings. The fraction of sp³-hybridized carbons (Fsp3) is 0.652. The van der Waals surface area contributed by atoms with Crippen LogP contribution in [0.2, 0.25) is 0 Å². The predicted molar refractivity (Wildman–Crippen MR) is 119 cm³/mol. The van der Waals surface area contributed by atoms with E-state index in [9.17, 15) is 4.79 Å².